The van der Waals surface area contributed by atoms with Crippen LogP contribution in [0.1, 0.15) is 16.8 Å². The van der Waals surface area contributed by atoms with E-state index >= 15 is 0 Å². The lowest BCUT2D eigenvalue weighted by Crippen LogP contribution is -2.35. The zero-order valence-corrected chi connectivity index (χ0v) is 16.6. The number of aromatic amines is 2. The molecule has 0 amide bonds. The van der Waals surface area contributed by atoms with Gasteiger partial charge in [0.15, 0.2) is 0 Å². The molecule has 0 spiro atoms. The molecule has 0 radical (unpaired) electrons. The second kappa shape index (κ2) is 7.37. The molecule has 0 aliphatic carbocycles. The van der Waals surface area contributed by atoms with Gasteiger partial charge in [-0.1, -0.05) is 6.07 Å². The lowest BCUT2D eigenvalue weighted by Gasteiger charge is -2.27. The van der Waals surface area contributed by atoms with Crippen molar-refractivity contribution < 1.29 is 4.92 Å². The summed E-state index contributed by atoms with van der Waals surface area (Å²) >= 11 is 0. The zero-order valence-electron chi connectivity index (χ0n) is 16.6. The van der Waals surface area contributed by atoms with Crippen LogP contribution in [0.5, 0.6) is 0 Å². The minimum atomic E-state index is -0.363. The topological polar surface area (TPSA) is 134 Å². The van der Waals surface area contributed by atoms with Crippen LogP contribution in [0.4, 0.5) is 11.4 Å². The van der Waals surface area contributed by atoms with Crippen LogP contribution in [0, 0.1) is 10.1 Å². The van der Waals surface area contributed by atoms with E-state index in [-0.39, 0.29) is 16.2 Å². The smallest absolute Gasteiger partial charge is 0.279 e. The van der Waals surface area contributed by atoms with Gasteiger partial charge in [0.2, 0.25) is 0 Å². The first-order valence-electron chi connectivity index (χ1n) is 9.93. The van der Waals surface area contributed by atoms with E-state index in [1.165, 1.54) is 6.07 Å². The highest BCUT2D eigenvalue weighted by Gasteiger charge is 2.24. The molecule has 0 bridgehead atoms. The van der Waals surface area contributed by atoms with Crippen molar-refractivity contribution in [2.75, 3.05) is 12.3 Å². The molecule has 3 heterocycles. The number of aromatic nitrogens is 3. The van der Waals surface area contributed by atoms with Gasteiger partial charge in [-0.25, -0.2) is 4.98 Å². The average Bonchev–Trinajstić information content (AvgIpc) is 3.17. The number of nitrogens with two attached hydrogens (primary N) is 1. The van der Waals surface area contributed by atoms with Crippen LogP contribution in [0.3, 0.4) is 0 Å². The van der Waals surface area contributed by atoms with Gasteiger partial charge >= 0.3 is 0 Å². The fraction of sp³-hybridized carbons (Fsp3) is 0.182. The number of anilines is 1. The van der Waals surface area contributed by atoms with Gasteiger partial charge in [-0.15, -0.1) is 0 Å². The Kier molecular flexibility index (Phi) is 4.52. The number of rotatable bonds is 4. The number of fused-ring (bicyclic) bond motifs is 2. The second-order valence-electron chi connectivity index (χ2n) is 7.69. The Labute approximate surface area is 176 Å². The molecule has 0 unspecified atom stereocenters. The normalized spacial score (nSPS) is 13.9. The van der Waals surface area contributed by atoms with E-state index in [0.717, 1.165) is 22.3 Å². The first kappa shape index (κ1) is 19.0. The summed E-state index contributed by atoms with van der Waals surface area (Å²) in [5, 5.41) is 12.1. The molecule has 2 aromatic heterocycles. The van der Waals surface area contributed by atoms with Crippen LogP contribution in [0.15, 0.2) is 53.5 Å². The van der Waals surface area contributed by atoms with E-state index in [2.05, 4.69) is 19.9 Å². The number of nitro groups is 1. The summed E-state index contributed by atoms with van der Waals surface area (Å²) in [4.78, 5) is 36.6. The molecule has 0 saturated carbocycles. The van der Waals surface area contributed by atoms with E-state index in [4.69, 9.17) is 5.73 Å². The summed E-state index contributed by atoms with van der Waals surface area (Å²) in [7, 11) is 0. The van der Waals surface area contributed by atoms with Gasteiger partial charge in [0, 0.05) is 49.6 Å². The first-order chi connectivity index (χ1) is 15.0. The molecule has 1 aliphatic rings. The first-order valence-corrected chi connectivity index (χ1v) is 9.93. The zero-order chi connectivity index (χ0) is 21.5. The van der Waals surface area contributed by atoms with Crippen molar-refractivity contribution in [3.8, 4) is 11.4 Å². The second-order valence-corrected chi connectivity index (χ2v) is 7.69. The van der Waals surface area contributed by atoms with Crippen LogP contribution in [0.2, 0.25) is 0 Å². The Balaban J connectivity index is 1.43. The van der Waals surface area contributed by atoms with E-state index in [0.29, 0.717) is 48.5 Å². The molecule has 5 rings (SSSR count). The van der Waals surface area contributed by atoms with Gasteiger partial charge in [0.05, 0.1) is 27.1 Å². The van der Waals surface area contributed by atoms with Gasteiger partial charge in [-0.2, -0.15) is 0 Å². The molecule has 31 heavy (non-hydrogen) atoms. The minimum Gasteiger partial charge on any atom is -0.399 e. The molecule has 9 heteroatoms. The number of hydrogen-bond donors (Lipinski definition) is 3. The molecular weight excluding hydrogens is 396 g/mol. The highest BCUT2D eigenvalue weighted by molar-refractivity contribution is 5.91. The molecule has 4 aromatic rings. The molecule has 156 valence electrons. The van der Waals surface area contributed by atoms with Gasteiger partial charge < -0.3 is 15.7 Å². The molecule has 0 saturated heterocycles. The maximum absolute atomic E-state index is 12.8. The molecule has 4 N–H and O–H groups in total. The molecule has 0 atom stereocenters. The predicted molar refractivity (Wildman–Crippen MR) is 117 cm³/mol. The number of nitrogens with one attached hydrogen (secondary N) is 2. The van der Waals surface area contributed by atoms with Gasteiger partial charge in [-0.05, 0) is 35.9 Å². The Morgan fingerprint density at radius 1 is 1.19 bits per heavy atom. The Hall–Kier alpha value is -3.98. The number of nitrogen functional groups attached to an aromatic ring is 1. The van der Waals surface area contributed by atoms with Crippen molar-refractivity contribution in [2.24, 2.45) is 0 Å². The number of nitrogens with zero attached hydrogens (tertiary/aromatic N) is 3. The summed E-state index contributed by atoms with van der Waals surface area (Å²) < 4.78 is 0. The molecule has 1 aliphatic heterocycles. The fourth-order valence-corrected chi connectivity index (χ4v) is 4.15. The third kappa shape index (κ3) is 3.44. The van der Waals surface area contributed by atoms with Crippen LogP contribution < -0.4 is 11.3 Å². The summed E-state index contributed by atoms with van der Waals surface area (Å²) in [5.41, 5.74) is 10.1. The van der Waals surface area contributed by atoms with Crippen LogP contribution >= 0.6 is 0 Å². The number of nitro benzene ring substituents is 1. The third-order valence-electron chi connectivity index (χ3n) is 5.69. The highest BCUT2D eigenvalue weighted by Crippen LogP contribution is 2.30. The maximum Gasteiger partial charge on any atom is 0.279 e. The maximum atomic E-state index is 12.8. The van der Waals surface area contributed by atoms with Crippen molar-refractivity contribution in [3.05, 3.63) is 86.0 Å². The number of non-ortho nitro benzene ring substituents is 1. The van der Waals surface area contributed by atoms with Crippen molar-refractivity contribution in [2.45, 2.75) is 19.5 Å². The standard InChI is InChI=1S/C22H20N6O3/c23-15-6-4-13(5-7-15)21-25-17-8-9-27(12-16(17)22(29)26-21)11-14-10-24-18-2-1-3-19(20(14)18)28(30)31/h1-7,10,24H,8-9,11-12,23H2,(H,25,26,29). The van der Waals surface area contributed by atoms with E-state index in [1.807, 2.05) is 18.2 Å². The van der Waals surface area contributed by atoms with Crippen LogP contribution in [-0.2, 0) is 19.5 Å². The number of benzene rings is 2. The molecule has 9 nitrogen and oxygen atoms in total. The summed E-state index contributed by atoms with van der Waals surface area (Å²) in [5.74, 6) is 0.532. The van der Waals surface area contributed by atoms with Crippen molar-refractivity contribution in [1.29, 1.82) is 0 Å². The summed E-state index contributed by atoms with van der Waals surface area (Å²) in [6.07, 6.45) is 2.44. The fourth-order valence-electron chi connectivity index (χ4n) is 4.15. The molecule has 0 fully saturated rings. The SMILES string of the molecule is Nc1ccc(-c2nc3c(c(=O)[nH]2)CN(Cc2c[nH]c4cccc([N+](=O)[O-])c24)CC3)cc1. The minimum absolute atomic E-state index is 0.0822. The van der Waals surface area contributed by atoms with Gasteiger partial charge in [0.1, 0.15) is 5.82 Å². The van der Waals surface area contributed by atoms with Crippen molar-refractivity contribution in [1.82, 2.24) is 19.9 Å². The van der Waals surface area contributed by atoms with Gasteiger partial charge in [0.25, 0.3) is 11.2 Å². The third-order valence-corrected chi connectivity index (χ3v) is 5.69. The van der Waals surface area contributed by atoms with E-state index in [1.54, 1.807) is 24.4 Å². The van der Waals surface area contributed by atoms with E-state index < -0.39 is 0 Å². The van der Waals surface area contributed by atoms with Crippen LogP contribution in [-0.4, -0.2) is 31.3 Å². The van der Waals surface area contributed by atoms with Crippen LogP contribution in [0.25, 0.3) is 22.3 Å². The lowest BCUT2D eigenvalue weighted by molar-refractivity contribution is -0.383. The monoisotopic (exact) mass is 416 g/mol. The molecular formula is C22H20N6O3. The van der Waals surface area contributed by atoms with Crippen molar-refractivity contribution in [3.63, 3.8) is 0 Å². The Morgan fingerprint density at radius 3 is 2.77 bits per heavy atom. The quantitative estimate of drug-likeness (QED) is 0.266. The largest absolute Gasteiger partial charge is 0.399 e. The number of H-pyrrole nitrogens is 2. The number of hydrogen-bond acceptors (Lipinski definition) is 6. The highest BCUT2D eigenvalue weighted by atomic mass is 16.6. The summed E-state index contributed by atoms with van der Waals surface area (Å²) in [6, 6.07) is 12.2. The van der Waals surface area contributed by atoms with E-state index in [9.17, 15) is 14.9 Å². The average molecular weight is 416 g/mol. The van der Waals surface area contributed by atoms with Crippen molar-refractivity contribution >= 4 is 22.3 Å². The van der Waals surface area contributed by atoms with Gasteiger partial charge in [-0.3, -0.25) is 19.8 Å². The predicted octanol–water partition coefficient (Wildman–Crippen LogP) is 2.97. The Bertz CT molecular complexity index is 1360. The lowest BCUT2D eigenvalue weighted by atomic mass is 10.0. The molecule has 2 aromatic carbocycles. The summed E-state index contributed by atoms with van der Waals surface area (Å²) in [6.45, 7) is 1.65. The Morgan fingerprint density at radius 2 is 2.00 bits per heavy atom.